The molecule has 2 fully saturated rings. The van der Waals surface area contributed by atoms with E-state index in [0.717, 1.165) is 37.0 Å². The van der Waals surface area contributed by atoms with E-state index in [1.54, 1.807) is 0 Å². The van der Waals surface area contributed by atoms with Crippen LogP contribution >= 0.6 is 0 Å². The molecule has 1 aromatic heterocycles. The van der Waals surface area contributed by atoms with Crippen LogP contribution in [-0.4, -0.2) is 53.5 Å². The Morgan fingerprint density at radius 1 is 1.26 bits per heavy atom. The lowest BCUT2D eigenvalue weighted by Gasteiger charge is -2.36. The van der Waals surface area contributed by atoms with E-state index in [2.05, 4.69) is 34.3 Å². The molecule has 1 aliphatic heterocycles. The molecule has 0 radical (unpaired) electrons. The second-order valence-corrected chi connectivity index (χ2v) is 5.71. The van der Waals surface area contributed by atoms with Crippen LogP contribution in [0.25, 0.3) is 0 Å². The molecule has 0 aromatic carbocycles. The van der Waals surface area contributed by atoms with Crippen LogP contribution < -0.4 is 11.3 Å². The van der Waals surface area contributed by atoms with Crippen molar-refractivity contribution in [1.82, 2.24) is 19.8 Å². The van der Waals surface area contributed by atoms with Crippen molar-refractivity contribution in [3.8, 4) is 0 Å². The van der Waals surface area contributed by atoms with E-state index in [1.165, 1.54) is 12.8 Å². The fourth-order valence-electron chi connectivity index (χ4n) is 2.59. The van der Waals surface area contributed by atoms with E-state index in [4.69, 9.17) is 10.8 Å². The standard InChI is InChI=1S/C13H22N6/c1-18-5-6-19(2)11(8-18)13-15-10(9-3-4-9)7-12(16-13)17-14/h7,9,11H,3-6,8,14H2,1-2H3,(H,15,16,17). The largest absolute Gasteiger partial charge is 0.308 e. The van der Waals surface area contributed by atoms with Crippen molar-refractivity contribution >= 4 is 5.82 Å². The van der Waals surface area contributed by atoms with Gasteiger partial charge in [0.15, 0.2) is 0 Å². The number of hydrazine groups is 1. The fraction of sp³-hybridized carbons (Fsp3) is 0.692. The Morgan fingerprint density at radius 3 is 2.74 bits per heavy atom. The number of hydrogen-bond donors (Lipinski definition) is 2. The Labute approximate surface area is 114 Å². The van der Waals surface area contributed by atoms with Crippen LogP contribution in [0.1, 0.15) is 36.3 Å². The minimum absolute atomic E-state index is 0.254. The number of rotatable bonds is 3. The van der Waals surface area contributed by atoms with Crippen LogP contribution in [-0.2, 0) is 0 Å². The molecular weight excluding hydrogens is 240 g/mol. The predicted octanol–water partition coefficient (Wildman–Crippen LogP) is 0.558. The second kappa shape index (κ2) is 5.03. The van der Waals surface area contributed by atoms with Gasteiger partial charge in [-0.15, -0.1) is 0 Å². The molecule has 3 rings (SSSR count). The molecule has 104 valence electrons. The number of nitrogens with zero attached hydrogens (tertiary/aromatic N) is 4. The summed E-state index contributed by atoms with van der Waals surface area (Å²) in [5.74, 6) is 7.77. The van der Waals surface area contributed by atoms with Crippen molar-refractivity contribution in [1.29, 1.82) is 0 Å². The lowest BCUT2D eigenvalue weighted by molar-refractivity contribution is 0.109. The van der Waals surface area contributed by atoms with Crippen LogP contribution in [0.4, 0.5) is 5.82 Å². The van der Waals surface area contributed by atoms with Gasteiger partial charge in [-0.2, -0.15) is 0 Å². The first-order chi connectivity index (χ1) is 9.17. The summed E-state index contributed by atoms with van der Waals surface area (Å²) in [7, 11) is 4.28. The molecule has 1 aliphatic carbocycles. The van der Waals surface area contributed by atoms with Gasteiger partial charge in [0, 0.05) is 37.3 Å². The average Bonchev–Trinajstić information content (AvgIpc) is 3.25. The minimum atomic E-state index is 0.254. The van der Waals surface area contributed by atoms with E-state index in [9.17, 15) is 0 Å². The molecule has 2 aliphatic rings. The summed E-state index contributed by atoms with van der Waals surface area (Å²) < 4.78 is 0. The number of anilines is 1. The van der Waals surface area contributed by atoms with Crippen LogP contribution in [0.5, 0.6) is 0 Å². The number of hydrogen-bond acceptors (Lipinski definition) is 6. The summed E-state index contributed by atoms with van der Waals surface area (Å²) in [5.41, 5.74) is 3.81. The van der Waals surface area contributed by atoms with E-state index in [-0.39, 0.29) is 6.04 Å². The Balaban J connectivity index is 1.91. The first-order valence-electron chi connectivity index (χ1n) is 6.91. The highest BCUT2D eigenvalue weighted by molar-refractivity contribution is 5.37. The van der Waals surface area contributed by atoms with E-state index >= 15 is 0 Å². The van der Waals surface area contributed by atoms with Gasteiger partial charge in [-0.3, -0.25) is 4.90 Å². The minimum Gasteiger partial charge on any atom is -0.308 e. The summed E-state index contributed by atoms with van der Waals surface area (Å²) in [5, 5.41) is 0. The topological polar surface area (TPSA) is 70.3 Å². The average molecular weight is 262 g/mol. The summed E-state index contributed by atoms with van der Waals surface area (Å²) in [6.45, 7) is 3.11. The lowest BCUT2D eigenvalue weighted by Crippen LogP contribution is -2.45. The number of nitrogen functional groups attached to an aromatic ring is 1. The molecule has 6 heteroatoms. The van der Waals surface area contributed by atoms with Crippen molar-refractivity contribution < 1.29 is 0 Å². The molecule has 1 atom stereocenters. The first kappa shape index (κ1) is 12.8. The van der Waals surface area contributed by atoms with Gasteiger partial charge in [0.05, 0.1) is 6.04 Å². The molecule has 1 saturated carbocycles. The van der Waals surface area contributed by atoms with Gasteiger partial charge in [-0.1, -0.05) is 0 Å². The zero-order chi connectivity index (χ0) is 13.4. The molecule has 0 bridgehead atoms. The molecule has 2 heterocycles. The Bertz CT molecular complexity index is 458. The third kappa shape index (κ3) is 2.70. The molecule has 6 nitrogen and oxygen atoms in total. The van der Waals surface area contributed by atoms with Gasteiger partial charge in [0.25, 0.3) is 0 Å². The quantitative estimate of drug-likeness (QED) is 0.612. The van der Waals surface area contributed by atoms with Crippen LogP contribution in [0, 0.1) is 0 Å². The van der Waals surface area contributed by atoms with Gasteiger partial charge < -0.3 is 10.3 Å². The van der Waals surface area contributed by atoms with Crippen molar-refractivity contribution in [2.75, 3.05) is 39.2 Å². The zero-order valence-corrected chi connectivity index (χ0v) is 11.6. The monoisotopic (exact) mass is 262 g/mol. The van der Waals surface area contributed by atoms with Crippen molar-refractivity contribution in [3.05, 3.63) is 17.6 Å². The van der Waals surface area contributed by atoms with Gasteiger partial charge >= 0.3 is 0 Å². The van der Waals surface area contributed by atoms with Crippen molar-refractivity contribution in [2.24, 2.45) is 5.84 Å². The number of likely N-dealkylation sites (N-methyl/N-ethyl adjacent to an activating group) is 2. The molecule has 1 aromatic rings. The van der Waals surface area contributed by atoms with Gasteiger partial charge in [-0.25, -0.2) is 15.8 Å². The Kier molecular flexibility index (Phi) is 3.38. The third-order valence-electron chi connectivity index (χ3n) is 4.06. The highest BCUT2D eigenvalue weighted by atomic mass is 15.3. The third-order valence-corrected chi connectivity index (χ3v) is 4.06. The maximum atomic E-state index is 5.54. The molecule has 1 unspecified atom stereocenters. The van der Waals surface area contributed by atoms with Crippen LogP contribution in [0.2, 0.25) is 0 Å². The summed E-state index contributed by atoms with van der Waals surface area (Å²) in [6.07, 6.45) is 2.47. The van der Waals surface area contributed by atoms with E-state index in [1.807, 2.05) is 6.07 Å². The highest BCUT2D eigenvalue weighted by Crippen LogP contribution is 2.40. The molecule has 0 amide bonds. The van der Waals surface area contributed by atoms with E-state index < -0.39 is 0 Å². The number of aromatic nitrogens is 2. The van der Waals surface area contributed by atoms with Gasteiger partial charge in [0.1, 0.15) is 11.6 Å². The molecular formula is C13H22N6. The van der Waals surface area contributed by atoms with Crippen molar-refractivity contribution in [2.45, 2.75) is 24.8 Å². The van der Waals surface area contributed by atoms with Gasteiger partial charge in [0.2, 0.25) is 0 Å². The fourth-order valence-corrected chi connectivity index (χ4v) is 2.59. The SMILES string of the molecule is CN1CCN(C)C(c2nc(NN)cc(C3CC3)n2)C1. The number of nitrogens with two attached hydrogens (primary N) is 1. The van der Waals surface area contributed by atoms with E-state index in [0.29, 0.717) is 5.92 Å². The summed E-state index contributed by atoms with van der Waals surface area (Å²) >= 11 is 0. The molecule has 1 saturated heterocycles. The second-order valence-electron chi connectivity index (χ2n) is 5.71. The molecule has 19 heavy (non-hydrogen) atoms. The van der Waals surface area contributed by atoms with Crippen molar-refractivity contribution in [3.63, 3.8) is 0 Å². The smallest absolute Gasteiger partial charge is 0.149 e. The van der Waals surface area contributed by atoms with Crippen LogP contribution in [0.3, 0.4) is 0 Å². The number of nitrogens with one attached hydrogen (secondary N) is 1. The highest BCUT2D eigenvalue weighted by Gasteiger charge is 2.30. The predicted molar refractivity (Wildman–Crippen MR) is 74.7 cm³/mol. The lowest BCUT2D eigenvalue weighted by atomic mass is 10.1. The Hall–Kier alpha value is -1.24. The molecule has 3 N–H and O–H groups in total. The summed E-state index contributed by atoms with van der Waals surface area (Å²) in [6, 6.07) is 2.23. The maximum absolute atomic E-state index is 5.54. The van der Waals surface area contributed by atoms with Crippen LogP contribution in [0.15, 0.2) is 6.07 Å². The van der Waals surface area contributed by atoms with Gasteiger partial charge in [-0.05, 0) is 26.9 Å². The Morgan fingerprint density at radius 2 is 2.05 bits per heavy atom. The maximum Gasteiger partial charge on any atom is 0.149 e. The number of piperazine rings is 1. The summed E-state index contributed by atoms with van der Waals surface area (Å²) in [4.78, 5) is 14.0. The first-order valence-corrected chi connectivity index (χ1v) is 6.91. The zero-order valence-electron chi connectivity index (χ0n) is 11.6. The normalized spacial score (nSPS) is 25.5. The molecule has 0 spiro atoms.